The van der Waals surface area contributed by atoms with Crippen molar-refractivity contribution < 1.29 is 14.3 Å². The standard InChI is InChI=1S/C26H40BrNO3/c1-2-3-4-5-6-7-8-9-10-11-12-15-21-31-26(30)24-19-16-20-28(24)25(29)22-17-13-14-18-23(22)27/h13-14,17-18,24H,2-12,15-16,19-21H2,1H3. The number of hydrogen-bond donors (Lipinski definition) is 0. The van der Waals surface area contributed by atoms with Crippen molar-refractivity contribution in [3.8, 4) is 0 Å². The Morgan fingerprint density at radius 2 is 1.52 bits per heavy atom. The number of halogens is 1. The van der Waals surface area contributed by atoms with E-state index in [9.17, 15) is 9.59 Å². The summed E-state index contributed by atoms with van der Waals surface area (Å²) in [5.74, 6) is -0.349. The highest BCUT2D eigenvalue weighted by Gasteiger charge is 2.36. The normalized spacial score (nSPS) is 15.9. The molecule has 1 fully saturated rings. The molecule has 0 bridgehead atoms. The fraction of sp³-hybridized carbons (Fsp3) is 0.692. The van der Waals surface area contributed by atoms with Gasteiger partial charge in [-0.2, -0.15) is 0 Å². The number of nitrogens with zero attached hydrogens (tertiary/aromatic N) is 1. The Morgan fingerprint density at radius 1 is 0.935 bits per heavy atom. The second-order valence-electron chi connectivity index (χ2n) is 8.69. The molecule has 5 heteroatoms. The van der Waals surface area contributed by atoms with E-state index in [1.54, 1.807) is 11.0 Å². The number of amides is 1. The molecule has 1 amide bonds. The minimum absolute atomic E-state index is 0.0997. The quantitative estimate of drug-likeness (QED) is 0.190. The number of rotatable bonds is 15. The smallest absolute Gasteiger partial charge is 0.328 e. The molecule has 0 spiro atoms. The molecule has 0 radical (unpaired) electrons. The number of likely N-dealkylation sites (tertiary alicyclic amines) is 1. The van der Waals surface area contributed by atoms with E-state index in [1.165, 1.54) is 64.2 Å². The zero-order valence-electron chi connectivity index (χ0n) is 19.3. The van der Waals surface area contributed by atoms with Crippen LogP contribution in [0, 0.1) is 0 Å². The Balaban J connectivity index is 1.55. The summed E-state index contributed by atoms with van der Waals surface area (Å²) in [4.78, 5) is 27.1. The molecule has 4 nitrogen and oxygen atoms in total. The first-order valence-electron chi connectivity index (χ1n) is 12.4. The van der Waals surface area contributed by atoms with Gasteiger partial charge in [-0.15, -0.1) is 0 Å². The third-order valence-corrected chi connectivity index (χ3v) is 6.82. The van der Waals surface area contributed by atoms with Crippen molar-refractivity contribution >= 4 is 27.8 Å². The van der Waals surface area contributed by atoms with E-state index in [2.05, 4.69) is 22.9 Å². The predicted octanol–water partition coefficient (Wildman–Crippen LogP) is 7.30. The highest BCUT2D eigenvalue weighted by Crippen LogP contribution is 2.25. The molecule has 1 aromatic rings. The summed E-state index contributed by atoms with van der Waals surface area (Å²) in [6, 6.07) is 6.92. The maximum absolute atomic E-state index is 12.9. The number of unbranched alkanes of at least 4 members (excludes halogenated alkanes) is 11. The Kier molecular flexibility index (Phi) is 12.9. The van der Waals surface area contributed by atoms with Crippen molar-refractivity contribution in [3.05, 3.63) is 34.3 Å². The van der Waals surface area contributed by atoms with Gasteiger partial charge in [0.2, 0.25) is 0 Å². The SMILES string of the molecule is CCCCCCCCCCCCCCOC(=O)C1CCCN1C(=O)c1ccccc1Br. The minimum Gasteiger partial charge on any atom is -0.464 e. The summed E-state index contributed by atoms with van der Waals surface area (Å²) in [5, 5.41) is 0. The van der Waals surface area contributed by atoms with Crippen LogP contribution in [0.5, 0.6) is 0 Å². The summed E-state index contributed by atoms with van der Waals surface area (Å²) < 4.78 is 6.28. The fourth-order valence-corrected chi connectivity index (χ4v) is 4.71. The molecule has 0 aliphatic carbocycles. The van der Waals surface area contributed by atoms with Gasteiger partial charge in [-0.1, -0.05) is 89.7 Å². The van der Waals surface area contributed by atoms with Gasteiger partial charge in [-0.25, -0.2) is 4.79 Å². The Morgan fingerprint density at radius 3 is 2.13 bits per heavy atom. The summed E-state index contributed by atoms with van der Waals surface area (Å²) in [6.07, 6.45) is 17.0. The maximum Gasteiger partial charge on any atom is 0.328 e. The van der Waals surface area contributed by atoms with Crippen LogP contribution in [0.4, 0.5) is 0 Å². The molecule has 1 unspecified atom stereocenters. The molecule has 0 N–H and O–H groups in total. The lowest BCUT2D eigenvalue weighted by Crippen LogP contribution is -2.41. The first-order chi connectivity index (χ1) is 15.1. The Hall–Kier alpha value is -1.36. The van der Waals surface area contributed by atoms with Gasteiger partial charge in [0, 0.05) is 11.0 Å². The lowest BCUT2D eigenvalue weighted by atomic mass is 10.1. The molecule has 1 saturated heterocycles. The highest BCUT2D eigenvalue weighted by atomic mass is 79.9. The van der Waals surface area contributed by atoms with E-state index in [-0.39, 0.29) is 11.9 Å². The van der Waals surface area contributed by atoms with Crippen molar-refractivity contribution in [2.75, 3.05) is 13.2 Å². The van der Waals surface area contributed by atoms with Gasteiger partial charge in [0.15, 0.2) is 0 Å². The zero-order chi connectivity index (χ0) is 22.3. The summed E-state index contributed by atoms with van der Waals surface area (Å²) >= 11 is 3.44. The van der Waals surface area contributed by atoms with Crippen LogP contribution >= 0.6 is 15.9 Å². The molecule has 0 aromatic heterocycles. The first kappa shape index (κ1) is 25.9. The van der Waals surface area contributed by atoms with E-state index in [1.807, 2.05) is 18.2 Å². The summed E-state index contributed by atoms with van der Waals surface area (Å²) in [5.41, 5.74) is 0.600. The summed E-state index contributed by atoms with van der Waals surface area (Å²) in [6.45, 7) is 3.33. The van der Waals surface area contributed by atoms with Crippen LogP contribution in [0.25, 0.3) is 0 Å². The lowest BCUT2D eigenvalue weighted by molar-refractivity contribution is -0.148. The van der Waals surface area contributed by atoms with Crippen LogP contribution in [0.1, 0.15) is 107 Å². The van der Waals surface area contributed by atoms with Crippen molar-refractivity contribution in [3.63, 3.8) is 0 Å². The van der Waals surface area contributed by atoms with Crippen LogP contribution in [-0.4, -0.2) is 36.0 Å². The first-order valence-corrected chi connectivity index (χ1v) is 13.2. The average Bonchev–Trinajstić information content (AvgIpc) is 3.27. The molecular weight excluding hydrogens is 454 g/mol. The van der Waals surface area contributed by atoms with Gasteiger partial charge < -0.3 is 9.64 Å². The molecule has 1 aliphatic heterocycles. The van der Waals surface area contributed by atoms with Gasteiger partial charge >= 0.3 is 5.97 Å². The van der Waals surface area contributed by atoms with Crippen molar-refractivity contribution in [2.24, 2.45) is 0 Å². The van der Waals surface area contributed by atoms with Crippen LogP contribution in [-0.2, 0) is 9.53 Å². The third-order valence-electron chi connectivity index (χ3n) is 6.13. The topological polar surface area (TPSA) is 46.6 Å². The van der Waals surface area contributed by atoms with Crippen molar-refractivity contribution in [1.29, 1.82) is 0 Å². The van der Waals surface area contributed by atoms with E-state index in [4.69, 9.17) is 4.74 Å². The number of ether oxygens (including phenoxy) is 1. The van der Waals surface area contributed by atoms with Crippen molar-refractivity contribution in [1.82, 2.24) is 4.90 Å². The average molecular weight is 495 g/mol. The van der Waals surface area contributed by atoms with Gasteiger partial charge in [0.05, 0.1) is 12.2 Å². The second kappa shape index (κ2) is 15.4. The van der Waals surface area contributed by atoms with E-state index < -0.39 is 6.04 Å². The number of esters is 1. The number of carbonyl (C=O) groups is 2. The molecule has 0 saturated carbocycles. The minimum atomic E-state index is -0.447. The van der Waals surface area contributed by atoms with Crippen LogP contribution in [0.2, 0.25) is 0 Å². The molecule has 1 aliphatic rings. The monoisotopic (exact) mass is 493 g/mol. The second-order valence-corrected chi connectivity index (χ2v) is 9.55. The molecule has 1 aromatic carbocycles. The molecule has 174 valence electrons. The molecule has 1 atom stereocenters. The zero-order valence-corrected chi connectivity index (χ0v) is 20.8. The molecule has 2 rings (SSSR count). The van der Waals surface area contributed by atoms with Crippen LogP contribution < -0.4 is 0 Å². The summed E-state index contributed by atoms with van der Waals surface area (Å²) in [7, 11) is 0. The van der Waals surface area contributed by atoms with Gasteiger partial charge in [-0.3, -0.25) is 4.79 Å². The number of carbonyl (C=O) groups excluding carboxylic acids is 2. The highest BCUT2D eigenvalue weighted by molar-refractivity contribution is 9.10. The van der Waals surface area contributed by atoms with Crippen molar-refractivity contribution in [2.45, 2.75) is 103 Å². The maximum atomic E-state index is 12.9. The number of benzene rings is 1. The Labute approximate surface area is 197 Å². The lowest BCUT2D eigenvalue weighted by Gasteiger charge is -2.23. The third kappa shape index (κ3) is 9.34. The van der Waals surface area contributed by atoms with Crippen LogP contribution in [0.15, 0.2) is 28.7 Å². The van der Waals surface area contributed by atoms with Gasteiger partial charge in [-0.05, 0) is 47.3 Å². The molecule has 1 heterocycles. The predicted molar refractivity (Wildman–Crippen MR) is 130 cm³/mol. The fourth-order valence-electron chi connectivity index (χ4n) is 4.26. The van der Waals surface area contributed by atoms with E-state index >= 15 is 0 Å². The van der Waals surface area contributed by atoms with E-state index in [0.29, 0.717) is 25.1 Å². The van der Waals surface area contributed by atoms with E-state index in [0.717, 1.165) is 23.7 Å². The van der Waals surface area contributed by atoms with Crippen LogP contribution in [0.3, 0.4) is 0 Å². The van der Waals surface area contributed by atoms with Gasteiger partial charge in [0.25, 0.3) is 5.91 Å². The molecule has 31 heavy (non-hydrogen) atoms. The molecular formula is C26H40BrNO3. The largest absolute Gasteiger partial charge is 0.464 e. The Bertz CT molecular complexity index is 664. The number of hydrogen-bond acceptors (Lipinski definition) is 3. The van der Waals surface area contributed by atoms with Gasteiger partial charge in [0.1, 0.15) is 6.04 Å².